The maximum absolute atomic E-state index is 13.0. The van der Waals surface area contributed by atoms with Crippen molar-refractivity contribution < 1.29 is 13.2 Å². The van der Waals surface area contributed by atoms with Crippen LogP contribution in [0.1, 0.15) is 36.1 Å². The minimum Gasteiger partial charge on any atom is -0.314 e. The summed E-state index contributed by atoms with van der Waals surface area (Å²) in [5.74, 6) is 0.379. The first kappa shape index (κ1) is 13.9. The second-order valence-electron chi connectivity index (χ2n) is 5.44. The smallest absolute Gasteiger partial charge is 0.314 e. The van der Waals surface area contributed by atoms with E-state index < -0.39 is 11.7 Å². The fourth-order valence-electron chi connectivity index (χ4n) is 2.92. The van der Waals surface area contributed by atoms with Crippen LogP contribution in [0.4, 0.5) is 13.2 Å². The topological polar surface area (TPSA) is 12.0 Å². The Balaban J connectivity index is 2.02. The predicted molar refractivity (Wildman–Crippen MR) is 76.3 cm³/mol. The predicted octanol–water partition coefficient (Wildman–Crippen LogP) is 4.78. The van der Waals surface area contributed by atoms with Crippen molar-refractivity contribution in [2.75, 3.05) is 6.54 Å². The molecule has 2 atom stereocenters. The van der Waals surface area contributed by atoms with E-state index in [2.05, 4.69) is 12.2 Å². The monoisotopic (exact) mass is 299 g/mol. The van der Waals surface area contributed by atoms with Crippen molar-refractivity contribution in [1.82, 2.24) is 5.32 Å². The number of nitrogens with one attached hydrogen (secondary N) is 1. The zero-order chi connectivity index (χ0) is 14.3. The Morgan fingerprint density at radius 1 is 1.30 bits per heavy atom. The average molecular weight is 299 g/mol. The Hall–Kier alpha value is -1.07. The van der Waals surface area contributed by atoms with Crippen LogP contribution in [0.5, 0.6) is 0 Å². The van der Waals surface area contributed by atoms with E-state index in [1.54, 1.807) is 12.1 Å². The standard InChI is InChI=1S/C15H16F3NS/c1-9-7-10(5-6-19-9)14-8-11-12(15(16,17)18)3-2-4-13(11)20-14/h2-4,8-10,19H,5-7H2,1H3/t9-,10-/m0/s1. The van der Waals surface area contributed by atoms with E-state index in [0.29, 0.717) is 17.3 Å². The van der Waals surface area contributed by atoms with Gasteiger partial charge in [0.2, 0.25) is 0 Å². The molecule has 1 aliphatic rings. The Morgan fingerprint density at radius 2 is 2.10 bits per heavy atom. The molecule has 0 radical (unpaired) electrons. The van der Waals surface area contributed by atoms with Gasteiger partial charge in [0.25, 0.3) is 0 Å². The van der Waals surface area contributed by atoms with Crippen molar-refractivity contribution >= 4 is 21.4 Å². The number of benzene rings is 1. The van der Waals surface area contributed by atoms with Crippen LogP contribution in [0.3, 0.4) is 0 Å². The lowest BCUT2D eigenvalue weighted by Gasteiger charge is -2.27. The van der Waals surface area contributed by atoms with Gasteiger partial charge in [0.05, 0.1) is 5.56 Å². The molecule has 2 heterocycles. The van der Waals surface area contributed by atoms with Crippen LogP contribution in [-0.4, -0.2) is 12.6 Å². The summed E-state index contributed by atoms with van der Waals surface area (Å²) in [6, 6.07) is 6.64. The molecule has 1 aliphatic heterocycles. The summed E-state index contributed by atoms with van der Waals surface area (Å²) in [6.07, 6.45) is -2.29. The Labute approximate surface area is 119 Å². The van der Waals surface area contributed by atoms with E-state index in [-0.39, 0.29) is 0 Å². The van der Waals surface area contributed by atoms with E-state index in [1.807, 2.05) is 0 Å². The van der Waals surface area contributed by atoms with E-state index >= 15 is 0 Å². The van der Waals surface area contributed by atoms with Crippen LogP contribution >= 0.6 is 11.3 Å². The summed E-state index contributed by atoms with van der Waals surface area (Å²) in [4.78, 5) is 1.09. The van der Waals surface area contributed by atoms with Crippen LogP contribution in [-0.2, 0) is 6.18 Å². The summed E-state index contributed by atoms with van der Waals surface area (Å²) >= 11 is 1.51. The molecule has 108 valence electrons. The molecule has 0 spiro atoms. The van der Waals surface area contributed by atoms with Gasteiger partial charge in [0.15, 0.2) is 0 Å². The highest BCUT2D eigenvalue weighted by Gasteiger charge is 2.33. The maximum atomic E-state index is 13.0. The molecule has 0 bridgehead atoms. The van der Waals surface area contributed by atoms with E-state index in [0.717, 1.165) is 29.0 Å². The fraction of sp³-hybridized carbons (Fsp3) is 0.467. The highest BCUT2D eigenvalue weighted by molar-refractivity contribution is 7.19. The molecular weight excluding hydrogens is 283 g/mol. The van der Waals surface area contributed by atoms with Crippen molar-refractivity contribution in [2.24, 2.45) is 0 Å². The molecule has 20 heavy (non-hydrogen) atoms. The quantitative estimate of drug-likeness (QED) is 0.799. The maximum Gasteiger partial charge on any atom is 0.417 e. The van der Waals surface area contributed by atoms with Gasteiger partial charge in [-0.15, -0.1) is 11.3 Å². The summed E-state index contributed by atoms with van der Waals surface area (Å²) in [5.41, 5.74) is -0.514. The van der Waals surface area contributed by atoms with Gasteiger partial charge >= 0.3 is 6.18 Å². The van der Waals surface area contributed by atoms with Crippen LogP contribution in [0.15, 0.2) is 24.3 Å². The lowest BCUT2D eigenvalue weighted by Crippen LogP contribution is -2.34. The van der Waals surface area contributed by atoms with Gasteiger partial charge in [0, 0.05) is 21.0 Å². The number of halogens is 3. The van der Waals surface area contributed by atoms with E-state index in [9.17, 15) is 13.2 Å². The number of rotatable bonds is 1. The largest absolute Gasteiger partial charge is 0.417 e. The Morgan fingerprint density at radius 3 is 2.80 bits per heavy atom. The normalized spacial score (nSPS) is 24.2. The number of hydrogen-bond acceptors (Lipinski definition) is 2. The van der Waals surface area contributed by atoms with Crippen LogP contribution in [0.25, 0.3) is 10.1 Å². The van der Waals surface area contributed by atoms with Crippen LogP contribution < -0.4 is 5.32 Å². The average Bonchev–Trinajstić information content (AvgIpc) is 2.81. The zero-order valence-corrected chi connectivity index (χ0v) is 11.9. The van der Waals surface area contributed by atoms with Crippen molar-refractivity contribution in [3.8, 4) is 0 Å². The molecule has 1 N–H and O–H groups in total. The van der Waals surface area contributed by atoms with Gasteiger partial charge in [-0.1, -0.05) is 6.07 Å². The fourth-order valence-corrected chi connectivity index (χ4v) is 4.16. The van der Waals surface area contributed by atoms with E-state index in [4.69, 9.17) is 0 Å². The minimum absolute atomic E-state index is 0.353. The number of fused-ring (bicyclic) bond motifs is 1. The molecule has 2 aromatic rings. The molecule has 1 saturated heterocycles. The van der Waals surface area contributed by atoms with Gasteiger partial charge in [-0.05, 0) is 50.4 Å². The molecule has 1 nitrogen and oxygen atoms in total. The lowest BCUT2D eigenvalue weighted by molar-refractivity contribution is -0.136. The number of piperidine rings is 1. The van der Waals surface area contributed by atoms with Crippen molar-refractivity contribution in [3.05, 3.63) is 34.7 Å². The third-order valence-electron chi connectivity index (χ3n) is 3.91. The van der Waals surface area contributed by atoms with Gasteiger partial charge < -0.3 is 5.32 Å². The molecule has 3 rings (SSSR count). The Kier molecular flexibility index (Phi) is 3.50. The van der Waals surface area contributed by atoms with Gasteiger partial charge in [0.1, 0.15) is 0 Å². The zero-order valence-electron chi connectivity index (χ0n) is 11.1. The van der Waals surface area contributed by atoms with Crippen LogP contribution in [0.2, 0.25) is 0 Å². The lowest BCUT2D eigenvalue weighted by atomic mass is 9.91. The highest BCUT2D eigenvalue weighted by atomic mass is 32.1. The van der Waals surface area contributed by atoms with Crippen molar-refractivity contribution in [3.63, 3.8) is 0 Å². The minimum atomic E-state index is -4.28. The third kappa shape index (κ3) is 2.56. The summed E-state index contributed by atoms with van der Waals surface area (Å²) in [7, 11) is 0. The molecule has 1 aromatic heterocycles. The summed E-state index contributed by atoms with van der Waals surface area (Å²) in [6.45, 7) is 3.06. The number of hydrogen-bond donors (Lipinski definition) is 1. The molecule has 5 heteroatoms. The second kappa shape index (κ2) is 5.04. The van der Waals surface area contributed by atoms with Gasteiger partial charge in [-0.3, -0.25) is 0 Å². The van der Waals surface area contributed by atoms with Gasteiger partial charge in [-0.2, -0.15) is 13.2 Å². The second-order valence-corrected chi connectivity index (χ2v) is 6.56. The van der Waals surface area contributed by atoms with E-state index in [1.165, 1.54) is 23.5 Å². The summed E-state index contributed by atoms with van der Waals surface area (Å²) in [5, 5.41) is 3.73. The van der Waals surface area contributed by atoms with Crippen LogP contribution in [0, 0.1) is 0 Å². The van der Waals surface area contributed by atoms with Crippen molar-refractivity contribution in [2.45, 2.75) is 37.9 Å². The number of alkyl halides is 3. The first-order valence-electron chi connectivity index (χ1n) is 6.78. The summed E-state index contributed by atoms with van der Waals surface area (Å²) < 4.78 is 39.8. The van der Waals surface area contributed by atoms with Gasteiger partial charge in [-0.25, -0.2) is 0 Å². The third-order valence-corrected chi connectivity index (χ3v) is 5.17. The van der Waals surface area contributed by atoms with Crippen molar-refractivity contribution in [1.29, 1.82) is 0 Å². The first-order chi connectivity index (χ1) is 9.45. The molecule has 0 amide bonds. The molecule has 0 saturated carbocycles. The molecule has 1 fully saturated rings. The Bertz CT molecular complexity index is 617. The SMILES string of the molecule is C[C@H]1C[C@@H](c2cc3c(C(F)(F)F)cccc3s2)CCN1. The number of thiophene rings is 1. The molecule has 1 aromatic carbocycles. The molecular formula is C15H16F3NS. The molecule has 0 aliphatic carbocycles. The molecule has 0 unspecified atom stereocenters. The first-order valence-corrected chi connectivity index (χ1v) is 7.60. The highest BCUT2D eigenvalue weighted by Crippen LogP contribution is 2.41.